The molecule has 1 amide bonds. The maximum atomic E-state index is 10.1. The summed E-state index contributed by atoms with van der Waals surface area (Å²) in [6.45, 7) is 3.47. The molecule has 1 saturated heterocycles. The van der Waals surface area contributed by atoms with Crippen LogP contribution >= 0.6 is 0 Å². The van der Waals surface area contributed by atoms with Gasteiger partial charge in [-0.25, -0.2) is 4.79 Å². The monoisotopic (exact) mass is 175 g/mol. The molecular weight excluding hydrogens is 162 g/mol. The second-order valence-electron chi connectivity index (χ2n) is 2.84. The lowest BCUT2D eigenvalue weighted by atomic mass is 10.4. The highest BCUT2D eigenvalue weighted by Gasteiger charge is 2.22. The highest BCUT2D eigenvalue weighted by Crippen LogP contribution is 2.08. The standard InChI is InChI=1S/C7H13NO4/c1-5(8-7(9)10)2-11-3-6-4-12-6/h5-6,8H,2-4H2,1H3,(H,9,10)/t5-,6-/m1/s1. The summed E-state index contributed by atoms with van der Waals surface area (Å²) in [5.41, 5.74) is 0. The van der Waals surface area contributed by atoms with Gasteiger partial charge >= 0.3 is 6.09 Å². The molecule has 1 aliphatic heterocycles. The van der Waals surface area contributed by atoms with Crippen molar-refractivity contribution >= 4 is 6.09 Å². The van der Waals surface area contributed by atoms with Crippen LogP contribution in [0.5, 0.6) is 0 Å². The zero-order valence-corrected chi connectivity index (χ0v) is 6.95. The Morgan fingerprint density at radius 3 is 3.08 bits per heavy atom. The minimum atomic E-state index is -1.02. The van der Waals surface area contributed by atoms with Crippen LogP contribution < -0.4 is 5.32 Å². The normalized spacial score (nSPS) is 23.2. The van der Waals surface area contributed by atoms with E-state index in [4.69, 9.17) is 14.6 Å². The second kappa shape index (κ2) is 4.27. The average molecular weight is 175 g/mol. The molecular formula is C7H13NO4. The molecule has 0 spiro atoms. The molecule has 0 aromatic carbocycles. The van der Waals surface area contributed by atoms with E-state index in [1.165, 1.54) is 0 Å². The summed E-state index contributed by atoms with van der Waals surface area (Å²) in [5.74, 6) is 0. The van der Waals surface area contributed by atoms with Crippen molar-refractivity contribution in [1.29, 1.82) is 0 Å². The molecule has 2 atom stereocenters. The van der Waals surface area contributed by atoms with Crippen LogP contribution in [-0.4, -0.2) is 43.2 Å². The van der Waals surface area contributed by atoms with Gasteiger partial charge in [-0.05, 0) is 6.92 Å². The van der Waals surface area contributed by atoms with E-state index in [0.717, 1.165) is 6.61 Å². The number of carboxylic acid groups (broad SMARTS) is 1. The SMILES string of the molecule is C[C@H](COC[C@@H]1CO1)NC(=O)O. The summed E-state index contributed by atoms with van der Waals surface area (Å²) in [5, 5.41) is 10.6. The first-order valence-corrected chi connectivity index (χ1v) is 3.87. The van der Waals surface area contributed by atoms with E-state index in [1.807, 2.05) is 0 Å². The first kappa shape index (κ1) is 9.28. The van der Waals surface area contributed by atoms with Crippen molar-refractivity contribution in [3.63, 3.8) is 0 Å². The Hall–Kier alpha value is -0.810. The predicted octanol–water partition coefficient (Wildman–Crippen LogP) is 0.0579. The quantitative estimate of drug-likeness (QED) is 0.579. The zero-order valence-electron chi connectivity index (χ0n) is 6.95. The van der Waals surface area contributed by atoms with Crippen molar-refractivity contribution in [2.24, 2.45) is 0 Å². The van der Waals surface area contributed by atoms with E-state index >= 15 is 0 Å². The van der Waals surface area contributed by atoms with E-state index in [9.17, 15) is 4.79 Å². The zero-order chi connectivity index (χ0) is 8.97. The molecule has 0 radical (unpaired) electrons. The van der Waals surface area contributed by atoms with Crippen molar-refractivity contribution < 1.29 is 19.4 Å². The van der Waals surface area contributed by atoms with Crippen molar-refractivity contribution in [3.8, 4) is 0 Å². The summed E-state index contributed by atoms with van der Waals surface area (Å²) in [6.07, 6.45) is -0.782. The van der Waals surface area contributed by atoms with E-state index in [0.29, 0.717) is 13.2 Å². The molecule has 2 N–H and O–H groups in total. The van der Waals surface area contributed by atoms with Gasteiger partial charge in [-0.3, -0.25) is 0 Å². The van der Waals surface area contributed by atoms with Gasteiger partial charge in [-0.1, -0.05) is 0 Å². The van der Waals surface area contributed by atoms with Crippen LogP contribution in [0, 0.1) is 0 Å². The number of nitrogens with one attached hydrogen (secondary N) is 1. The Bertz CT molecular complexity index is 157. The molecule has 0 aromatic heterocycles. The lowest BCUT2D eigenvalue weighted by molar-refractivity contribution is 0.0986. The van der Waals surface area contributed by atoms with E-state index in [2.05, 4.69) is 5.32 Å². The summed E-state index contributed by atoms with van der Waals surface area (Å²) >= 11 is 0. The molecule has 12 heavy (non-hydrogen) atoms. The molecule has 0 aliphatic carbocycles. The fourth-order valence-electron chi connectivity index (χ4n) is 0.793. The average Bonchev–Trinajstić information content (AvgIpc) is 2.69. The van der Waals surface area contributed by atoms with Crippen molar-refractivity contribution in [2.75, 3.05) is 19.8 Å². The van der Waals surface area contributed by atoms with Gasteiger partial charge < -0.3 is 19.9 Å². The van der Waals surface area contributed by atoms with Gasteiger partial charge in [-0.2, -0.15) is 0 Å². The van der Waals surface area contributed by atoms with Crippen LogP contribution in [0.25, 0.3) is 0 Å². The van der Waals surface area contributed by atoms with Gasteiger partial charge in [0.25, 0.3) is 0 Å². The van der Waals surface area contributed by atoms with E-state index in [-0.39, 0.29) is 12.1 Å². The van der Waals surface area contributed by atoms with Crippen LogP contribution in [0.3, 0.4) is 0 Å². The van der Waals surface area contributed by atoms with Gasteiger partial charge in [0.2, 0.25) is 0 Å². The van der Waals surface area contributed by atoms with E-state index in [1.54, 1.807) is 6.92 Å². The molecule has 0 saturated carbocycles. The number of carbonyl (C=O) groups is 1. The molecule has 0 aromatic rings. The van der Waals surface area contributed by atoms with Gasteiger partial charge in [0.05, 0.1) is 25.9 Å². The molecule has 5 nitrogen and oxygen atoms in total. The molecule has 1 aliphatic rings. The maximum absolute atomic E-state index is 10.1. The lowest BCUT2D eigenvalue weighted by Crippen LogP contribution is -2.35. The number of hydrogen-bond acceptors (Lipinski definition) is 3. The molecule has 1 fully saturated rings. The Morgan fingerprint density at radius 1 is 1.92 bits per heavy atom. The van der Waals surface area contributed by atoms with Crippen LogP contribution in [0.1, 0.15) is 6.92 Å². The molecule has 0 unspecified atom stereocenters. The fourth-order valence-corrected chi connectivity index (χ4v) is 0.793. The first-order chi connectivity index (χ1) is 5.68. The molecule has 0 bridgehead atoms. The minimum Gasteiger partial charge on any atom is -0.465 e. The highest BCUT2D eigenvalue weighted by molar-refractivity contribution is 5.64. The Balaban J connectivity index is 1.93. The van der Waals surface area contributed by atoms with Crippen LogP contribution in [-0.2, 0) is 9.47 Å². The lowest BCUT2D eigenvalue weighted by Gasteiger charge is -2.10. The van der Waals surface area contributed by atoms with Crippen LogP contribution in [0.4, 0.5) is 4.79 Å². The van der Waals surface area contributed by atoms with Gasteiger partial charge in [0.15, 0.2) is 0 Å². The number of hydrogen-bond donors (Lipinski definition) is 2. The molecule has 1 heterocycles. The highest BCUT2D eigenvalue weighted by atomic mass is 16.6. The third-order valence-corrected chi connectivity index (χ3v) is 1.44. The number of rotatable bonds is 5. The largest absolute Gasteiger partial charge is 0.465 e. The summed E-state index contributed by atoms with van der Waals surface area (Å²) < 4.78 is 10.1. The number of ether oxygens (including phenoxy) is 2. The van der Waals surface area contributed by atoms with Crippen molar-refractivity contribution in [2.45, 2.75) is 19.1 Å². The van der Waals surface area contributed by atoms with Crippen molar-refractivity contribution in [3.05, 3.63) is 0 Å². The van der Waals surface area contributed by atoms with Crippen molar-refractivity contribution in [1.82, 2.24) is 5.32 Å². The number of amides is 1. The van der Waals surface area contributed by atoms with Crippen LogP contribution in [0.2, 0.25) is 0 Å². The summed E-state index contributed by atoms with van der Waals surface area (Å²) in [6, 6.07) is -0.166. The topological polar surface area (TPSA) is 71.1 Å². The fraction of sp³-hybridized carbons (Fsp3) is 0.857. The second-order valence-corrected chi connectivity index (χ2v) is 2.84. The molecule has 70 valence electrons. The predicted molar refractivity (Wildman–Crippen MR) is 41.2 cm³/mol. The summed E-state index contributed by atoms with van der Waals surface area (Å²) in [4.78, 5) is 10.1. The van der Waals surface area contributed by atoms with E-state index < -0.39 is 6.09 Å². The Morgan fingerprint density at radius 2 is 2.58 bits per heavy atom. The Kier molecular flexibility index (Phi) is 3.31. The molecule has 1 rings (SSSR count). The van der Waals surface area contributed by atoms with Crippen LogP contribution in [0.15, 0.2) is 0 Å². The van der Waals surface area contributed by atoms with Gasteiger partial charge in [-0.15, -0.1) is 0 Å². The maximum Gasteiger partial charge on any atom is 0.404 e. The summed E-state index contributed by atoms with van der Waals surface area (Å²) in [7, 11) is 0. The van der Waals surface area contributed by atoms with Gasteiger partial charge in [0, 0.05) is 0 Å². The minimum absolute atomic E-state index is 0.166. The third-order valence-electron chi connectivity index (χ3n) is 1.44. The number of epoxide rings is 1. The smallest absolute Gasteiger partial charge is 0.404 e. The Labute approximate surface area is 70.7 Å². The first-order valence-electron chi connectivity index (χ1n) is 3.87. The third kappa shape index (κ3) is 4.15. The molecule has 5 heteroatoms. The van der Waals surface area contributed by atoms with Gasteiger partial charge in [0.1, 0.15) is 6.10 Å².